The number of halogens is 2. The van der Waals surface area contributed by atoms with Gasteiger partial charge in [0, 0.05) is 18.1 Å². The molecule has 0 fully saturated rings. The Hall–Kier alpha value is -2.57. The van der Waals surface area contributed by atoms with Crippen molar-refractivity contribution in [2.24, 2.45) is 0 Å². The minimum Gasteiger partial charge on any atom is -0.337 e. The maximum Gasteiger partial charge on any atom is 0.174 e. The van der Waals surface area contributed by atoms with Crippen LogP contribution < -0.4 is 5.32 Å². The van der Waals surface area contributed by atoms with Crippen LogP contribution in [-0.4, -0.2) is 20.0 Å². The molecule has 4 nitrogen and oxygen atoms in total. The van der Waals surface area contributed by atoms with Crippen molar-refractivity contribution in [3.8, 4) is 0 Å². The minimum atomic E-state index is -0.470. The van der Waals surface area contributed by atoms with Crippen LogP contribution in [0.4, 0.5) is 10.1 Å². The summed E-state index contributed by atoms with van der Waals surface area (Å²) in [6, 6.07) is 15.8. The molecule has 3 aromatic rings. The third kappa shape index (κ3) is 4.97. The first-order valence-electron chi connectivity index (χ1n) is 7.92. The van der Waals surface area contributed by atoms with Gasteiger partial charge >= 0.3 is 0 Å². The van der Waals surface area contributed by atoms with E-state index >= 15 is 0 Å². The maximum atomic E-state index is 13.4. The smallest absolute Gasteiger partial charge is 0.174 e. The number of rotatable bonds is 5. The lowest BCUT2D eigenvalue weighted by Crippen LogP contribution is -2.34. The topological polar surface area (TPSA) is 41.0 Å². The van der Waals surface area contributed by atoms with E-state index in [1.807, 2.05) is 41.3 Å². The molecule has 0 bridgehead atoms. The van der Waals surface area contributed by atoms with Gasteiger partial charge in [-0.2, -0.15) is 0 Å². The van der Waals surface area contributed by atoms with Gasteiger partial charge in [0.25, 0.3) is 0 Å². The molecule has 0 saturated heterocycles. The largest absolute Gasteiger partial charge is 0.337 e. The number of nitrogens with zero attached hydrogens (tertiary/aromatic N) is 3. The second kappa shape index (κ2) is 8.69. The molecule has 0 aliphatic rings. The van der Waals surface area contributed by atoms with Crippen molar-refractivity contribution in [3.05, 3.63) is 89.2 Å². The molecule has 0 aliphatic carbocycles. The normalized spacial score (nSPS) is 10.4. The average molecular weight is 387 g/mol. The number of thiocarbonyl (C=S) groups is 1. The monoisotopic (exact) mass is 386 g/mol. The molecule has 26 heavy (non-hydrogen) atoms. The highest BCUT2D eigenvalue weighted by atomic mass is 35.5. The van der Waals surface area contributed by atoms with E-state index in [1.54, 1.807) is 18.5 Å². The molecule has 2 aromatic heterocycles. The first kappa shape index (κ1) is 18.2. The van der Waals surface area contributed by atoms with Gasteiger partial charge in [0.15, 0.2) is 5.11 Å². The molecular formula is C19H16ClFN4S. The lowest BCUT2D eigenvalue weighted by atomic mass is 10.3. The summed E-state index contributed by atoms with van der Waals surface area (Å²) in [6.07, 6.45) is 3.48. The van der Waals surface area contributed by atoms with E-state index in [1.165, 1.54) is 12.1 Å². The van der Waals surface area contributed by atoms with E-state index < -0.39 is 5.82 Å². The van der Waals surface area contributed by atoms with E-state index in [2.05, 4.69) is 15.3 Å². The fraction of sp³-hybridized carbons (Fsp3) is 0.105. The van der Waals surface area contributed by atoms with Crippen molar-refractivity contribution < 1.29 is 4.39 Å². The zero-order chi connectivity index (χ0) is 18.4. The number of hydrogen-bond donors (Lipinski definition) is 1. The van der Waals surface area contributed by atoms with Gasteiger partial charge < -0.3 is 10.2 Å². The average Bonchev–Trinajstić information content (AvgIpc) is 2.66. The first-order valence-corrected chi connectivity index (χ1v) is 8.71. The Kier molecular flexibility index (Phi) is 6.09. The summed E-state index contributed by atoms with van der Waals surface area (Å²) in [4.78, 5) is 10.7. The van der Waals surface area contributed by atoms with Crippen molar-refractivity contribution in [1.82, 2.24) is 14.9 Å². The predicted octanol–water partition coefficient (Wildman–Crippen LogP) is 4.67. The van der Waals surface area contributed by atoms with Gasteiger partial charge in [-0.15, -0.1) is 0 Å². The van der Waals surface area contributed by atoms with Crippen molar-refractivity contribution in [1.29, 1.82) is 0 Å². The number of pyridine rings is 2. The Bertz CT molecular complexity index is 836. The number of aromatic nitrogens is 2. The molecule has 0 aliphatic heterocycles. The van der Waals surface area contributed by atoms with E-state index in [-0.39, 0.29) is 5.02 Å². The zero-order valence-corrected chi connectivity index (χ0v) is 15.3. The zero-order valence-electron chi connectivity index (χ0n) is 13.8. The van der Waals surface area contributed by atoms with Crippen LogP contribution in [0.2, 0.25) is 5.02 Å². The van der Waals surface area contributed by atoms with Crippen LogP contribution in [0.25, 0.3) is 0 Å². The van der Waals surface area contributed by atoms with Gasteiger partial charge in [0.05, 0.1) is 29.5 Å². The van der Waals surface area contributed by atoms with Crippen LogP contribution >= 0.6 is 23.8 Å². The molecular weight excluding hydrogens is 371 g/mol. The van der Waals surface area contributed by atoms with Crippen LogP contribution in [-0.2, 0) is 13.1 Å². The molecule has 0 unspecified atom stereocenters. The third-order valence-electron chi connectivity index (χ3n) is 3.62. The van der Waals surface area contributed by atoms with Gasteiger partial charge in [-0.1, -0.05) is 23.7 Å². The first-order chi connectivity index (χ1) is 12.6. The highest BCUT2D eigenvalue weighted by Gasteiger charge is 2.13. The van der Waals surface area contributed by atoms with E-state index in [4.69, 9.17) is 23.8 Å². The second-order valence-electron chi connectivity index (χ2n) is 5.56. The number of benzene rings is 1. The highest BCUT2D eigenvalue weighted by molar-refractivity contribution is 7.80. The van der Waals surface area contributed by atoms with E-state index in [0.717, 1.165) is 11.4 Å². The lowest BCUT2D eigenvalue weighted by Gasteiger charge is -2.25. The Morgan fingerprint density at radius 1 is 1.00 bits per heavy atom. The van der Waals surface area contributed by atoms with Gasteiger partial charge in [-0.3, -0.25) is 9.97 Å². The van der Waals surface area contributed by atoms with Gasteiger partial charge in [0.2, 0.25) is 0 Å². The Morgan fingerprint density at radius 3 is 2.12 bits per heavy atom. The number of hydrogen-bond acceptors (Lipinski definition) is 3. The fourth-order valence-corrected chi connectivity index (χ4v) is 2.78. The molecule has 0 saturated carbocycles. The summed E-state index contributed by atoms with van der Waals surface area (Å²) in [5.41, 5.74) is 2.38. The molecule has 3 rings (SSSR count). The summed E-state index contributed by atoms with van der Waals surface area (Å²) in [5, 5.41) is 3.62. The molecule has 1 aromatic carbocycles. The van der Waals surface area contributed by atoms with E-state index in [0.29, 0.717) is 23.9 Å². The van der Waals surface area contributed by atoms with Crippen LogP contribution in [0.1, 0.15) is 11.4 Å². The Morgan fingerprint density at radius 2 is 1.62 bits per heavy atom. The molecule has 2 heterocycles. The molecule has 0 atom stereocenters. The van der Waals surface area contributed by atoms with Gasteiger partial charge in [-0.05, 0) is 54.7 Å². The lowest BCUT2D eigenvalue weighted by molar-refractivity contribution is 0.402. The molecule has 0 spiro atoms. The summed E-state index contributed by atoms with van der Waals surface area (Å²) < 4.78 is 13.4. The molecule has 0 radical (unpaired) electrons. The van der Waals surface area contributed by atoms with Crippen molar-refractivity contribution in [2.75, 3.05) is 5.32 Å². The van der Waals surface area contributed by atoms with Crippen LogP contribution in [0, 0.1) is 5.82 Å². The van der Waals surface area contributed by atoms with Crippen LogP contribution in [0.15, 0.2) is 67.0 Å². The Balaban J connectivity index is 1.78. The van der Waals surface area contributed by atoms with Crippen molar-refractivity contribution >= 4 is 34.6 Å². The van der Waals surface area contributed by atoms with Crippen LogP contribution in [0.5, 0.6) is 0 Å². The summed E-state index contributed by atoms with van der Waals surface area (Å²) in [5.74, 6) is -0.470. The van der Waals surface area contributed by atoms with Crippen molar-refractivity contribution in [3.63, 3.8) is 0 Å². The highest BCUT2D eigenvalue weighted by Crippen LogP contribution is 2.20. The standard InChI is InChI=1S/C19H16ClFN4S/c20-17-11-14(7-8-18(17)21)24-19(26)25(12-15-5-1-3-9-22-15)13-16-6-2-4-10-23-16/h1-11H,12-13H2,(H,24,26). The number of anilines is 1. The molecule has 0 amide bonds. The molecule has 7 heteroatoms. The van der Waals surface area contributed by atoms with Gasteiger partial charge in [-0.25, -0.2) is 4.39 Å². The summed E-state index contributed by atoms with van der Waals surface area (Å²) >= 11 is 11.4. The fourth-order valence-electron chi connectivity index (χ4n) is 2.35. The SMILES string of the molecule is Fc1ccc(NC(=S)N(Cc2ccccn2)Cc2ccccn2)cc1Cl. The maximum absolute atomic E-state index is 13.4. The summed E-state index contributed by atoms with van der Waals surface area (Å²) in [6.45, 7) is 1.02. The molecule has 132 valence electrons. The third-order valence-corrected chi connectivity index (χ3v) is 4.27. The summed E-state index contributed by atoms with van der Waals surface area (Å²) in [7, 11) is 0. The number of nitrogens with one attached hydrogen (secondary N) is 1. The second-order valence-corrected chi connectivity index (χ2v) is 6.35. The quantitative estimate of drug-likeness (QED) is 0.645. The minimum absolute atomic E-state index is 0.0406. The van der Waals surface area contributed by atoms with Crippen molar-refractivity contribution in [2.45, 2.75) is 13.1 Å². The van der Waals surface area contributed by atoms with Gasteiger partial charge in [0.1, 0.15) is 5.82 Å². The predicted molar refractivity (Wildman–Crippen MR) is 105 cm³/mol. The Labute approximate surface area is 161 Å². The van der Waals surface area contributed by atoms with E-state index in [9.17, 15) is 4.39 Å². The molecule has 1 N–H and O–H groups in total. The van der Waals surface area contributed by atoms with Crippen LogP contribution in [0.3, 0.4) is 0 Å².